The van der Waals surface area contributed by atoms with Gasteiger partial charge < -0.3 is 10.0 Å². The standard InChI is InChI=1S/C20H30N2O2/c1-16-5-3-6-17(2)18(16)13-21-10-4-8-20(14-21)9-7-19(24)22(15-20)11-12-23/h3,5-6,23H,4,7-15H2,1-2H3/t20-/m0/s1. The molecule has 2 fully saturated rings. The largest absolute Gasteiger partial charge is 0.395 e. The number of aliphatic hydroxyl groups is 1. The minimum atomic E-state index is 0.0634. The molecule has 2 saturated heterocycles. The molecule has 1 N–H and O–H groups in total. The topological polar surface area (TPSA) is 43.8 Å². The number of benzene rings is 1. The molecule has 1 atom stereocenters. The Morgan fingerprint density at radius 2 is 1.92 bits per heavy atom. The van der Waals surface area contributed by atoms with Crippen molar-refractivity contribution in [1.29, 1.82) is 0 Å². The Morgan fingerprint density at radius 1 is 1.17 bits per heavy atom. The van der Waals surface area contributed by atoms with Gasteiger partial charge in [-0.25, -0.2) is 0 Å². The van der Waals surface area contributed by atoms with Gasteiger partial charge in [-0.1, -0.05) is 18.2 Å². The summed E-state index contributed by atoms with van der Waals surface area (Å²) in [6.07, 6.45) is 4.03. The minimum Gasteiger partial charge on any atom is -0.395 e. The Labute approximate surface area is 145 Å². The van der Waals surface area contributed by atoms with Crippen LogP contribution in [-0.4, -0.2) is 53.6 Å². The molecule has 4 heteroatoms. The zero-order valence-corrected chi connectivity index (χ0v) is 15.1. The number of hydrogen-bond donors (Lipinski definition) is 1. The van der Waals surface area contributed by atoms with Crippen LogP contribution in [0.5, 0.6) is 0 Å². The molecule has 3 rings (SSSR count). The van der Waals surface area contributed by atoms with Crippen LogP contribution in [0.1, 0.15) is 42.4 Å². The van der Waals surface area contributed by atoms with E-state index in [1.165, 1.54) is 29.5 Å². The Hall–Kier alpha value is -1.39. The van der Waals surface area contributed by atoms with Gasteiger partial charge in [0.15, 0.2) is 0 Å². The van der Waals surface area contributed by atoms with Gasteiger partial charge in [-0.15, -0.1) is 0 Å². The van der Waals surface area contributed by atoms with Gasteiger partial charge in [0.2, 0.25) is 5.91 Å². The second kappa shape index (κ2) is 7.24. The first-order valence-electron chi connectivity index (χ1n) is 9.19. The highest BCUT2D eigenvalue weighted by molar-refractivity contribution is 5.77. The second-order valence-corrected chi connectivity index (χ2v) is 7.72. The Bertz CT molecular complexity index is 581. The fourth-order valence-electron chi connectivity index (χ4n) is 4.53. The van der Waals surface area contributed by atoms with Crippen molar-refractivity contribution >= 4 is 5.91 Å². The van der Waals surface area contributed by atoms with Crippen molar-refractivity contribution in [2.45, 2.75) is 46.1 Å². The van der Waals surface area contributed by atoms with E-state index < -0.39 is 0 Å². The number of likely N-dealkylation sites (tertiary alicyclic amines) is 2. The fourth-order valence-corrected chi connectivity index (χ4v) is 4.53. The predicted molar refractivity (Wildman–Crippen MR) is 95.8 cm³/mol. The number of amides is 1. The molecule has 1 amide bonds. The van der Waals surface area contributed by atoms with Gasteiger partial charge in [0.25, 0.3) is 0 Å². The van der Waals surface area contributed by atoms with E-state index in [1.54, 1.807) is 0 Å². The maximum atomic E-state index is 12.1. The molecule has 0 aliphatic carbocycles. The van der Waals surface area contributed by atoms with Gasteiger partial charge in [0.05, 0.1) is 6.61 Å². The minimum absolute atomic E-state index is 0.0634. The van der Waals surface area contributed by atoms with E-state index in [2.05, 4.69) is 36.9 Å². The molecule has 2 heterocycles. The highest BCUT2D eigenvalue weighted by Crippen LogP contribution is 2.39. The molecular weight excluding hydrogens is 300 g/mol. The van der Waals surface area contributed by atoms with Crippen molar-refractivity contribution in [2.75, 3.05) is 32.8 Å². The van der Waals surface area contributed by atoms with Crippen molar-refractivity contribution in [3.63, 3.8) is 0 Å². The predicted octanol–water partition coefficient (Wildman–Crippen LogP) is 2.50. The SMILES string of the molecule is Cc1cccc(C)c1CN1CCC[C@]2(CCC(=O)N(CCO)C2)C1. The Morgan fingerprint density at radius 3 is 2.62 bits per heavy atom. The van der Waals surface area contributed by atoms with Crippen LogP contribution in [0, 0.1) is 19.3 Å². The van der Waals surface area contributed by atoms with Crippen molar-refractivity contribution in [2.24, 2.45) is 5.41 Å². The van der Waals surface area contributed by atoms with Crippen molar-refractivity contribution < 1.29 is 9.90 Å². The molecule has 1 spiro atoms. The maximum Gasteiger partial charge on any atom is 0.222 e. The van der Waals surface area contributed by atoms with Crippen LogP contribution < -0.4 is 0 Å². The van der Waals surface area contributed by atoms with E-state index >= 15 is 0 Å². The third-order valence-electron chi connectivity index (χ3n) is 5.88. The van der Waals surface area contributed by atoms with Gasteiger partial charge in [-0.2, -0.15) is 0 Å². The second-order valence-electron chi connectivity index (χ2n) is 7.72. The van der Waals surface area contributed by atoms with Crippen LogP contribution >= 0.6 is 0 Å². The molecular formula is C20H30N2O2. The van der Waals surface area contributed by atoms with Gasteiger partial charge in [-0.05, 0) is 56.3 Å². The zero-order valence-electron chi connectivity index (χ0n) is 15.1. The summed E-state index contributed by atoms with van der Waals surface area (Å²) in [4.78, 5) is 16.5. The average Bonchev–Trinajstić information content (AvgIpc) is 2.55. The van der Waals surface area contributed by atoms with E-state index in [-0.39, 0.29) is 17.9 Å². The number of β-amino-alcohol motifs (C(OH)–C–C–N with tert-alkyl or cyclic N) is 1. The Kier molecular flexibility index (Phi) is 5.26. The Balaban J connectivity index is 1.71. The number of aliphatic hydroxyl groups excluding tert-OH is 1. The zero-order chi connectivity index (χ0) is 17.2. The molecule has 24 heavy (non-hydrogen) atoms. The summed E-state index contributed by atoms with van der Waals surface area (Å²) in [5.74, 6) is 0.210. The van der Waals surface area contributed by atoms with E-state index in [9.17, 15) is 9.90 Å². The number of rotatable bonds is 4. The number of nitrogens with zero attached hydrogens (tertiary/aromatic N) is 2. The summed E-state index contributed by atoms with van der Waals surface area (Å²) in [5.41, 5.74) is 4.41. The van der Waals surface area contributed by atoms with Crippen molar-refractivity contribution in [3.8, 4) is 0 Å². The number of aryl methyl sites for hydroxylation is 2. The first-order chi connectivity index (χ1) is 11.5. The molecule has 0 radical (unpaired) electrons. The fraction of sp³-hybridized carbons (Fsp3) is 0.650. The highest BCUT2D eigenvalue weighted by atomic mass is 16.3. The lowest BCUT2D eigenvalue weighted by Crippen LogP contribution is -2.54. The first-order valence-corrected chi connectivity index (χ1v) is 9.19. The monoisotopic (exact) mass is 330 g/mol. The third-order valence-corrected chi connectivity index (χ3v) is 5.88. The van der Waals surface area contributed by atoms with Gasteiger partial charge in [0, 0.05) is 38.0 Å². The maximum absolute atomic E-state index is 12.1. The van der Waals surface area contributed by atoms with Crippen LogP contribution in [0.3, 0.4) is 0 Å². The summed E-state index contributed by atoms with van der Waals surface area (Å²) < 4.78 is 0. The highest BCUT2D eigenvalue weighted by Gasteiger charge is 2.41. The lowest BCUT2D eigenvalue weighted by Gasteiger charge is -2.48. The molecule has 1 aromatic carbocycles. The quantitative estimate of drug-likeness (QED) is 0.922. The van der Waals surface area contributed by atoms with Crippen LogP contribution in [0.4, 0.5) is 0 Å². The molecule has 2 aliphatic heterocycles. The summed E-state index contributed by atoms with van der Waals surface area (Å²) in [6.45, 7) is 8.98. The number of carbonyl (C=O) groups is 1. The molecule has 0 aromatic heterocycles. The third kappa shape index (κ3) is 3.65. The van der Waals surface area contributed by atoms with E-state index in [1.807, 2.05) is 4.90 Å². The smallest absolute Gasteiger partial charge is 0.222 e. The molecule has 2 aliphatic rings. The normalized spacial score (nSPS) is 25.5. The van der Waals surface area contributed by atoms with Crippen molar-refractivity contribution in [1.82, 2.24) is 9.80 Å². The molecule has 1 aromatic rings. The number of carbonyl (C=O) groups excluding carboxylic acids is 1. The average molecular weight is 330 g/mol. The lowest BCUT2D eigenvalue weighted by molar-refractivity contribution is -0.140. The summed E-state index contributed by atoms with van der Waals surface area (Å²) in [6, 6.07) is 6.53. The van der Waals surface area contributed by atoms with Crippen LogP contribution in [0.25, 0.3) is 0 Å². The van der Waals surface area contributed by atoms with E-state index in [0.29, 0.717) is 13.0 Å². The van der Waals surface area contributed by atoms with E-state index in [4.69, 9.17) is 0 Å². The number of hydrogen-bond acceptors (Lipinski definition) is 3. The molecule has 0 saturated carbocycles. The summed E-state index contributed by atoms with van der Waals surface area (Å²) in [5, 5.41) is 9.23. The lowest BCUT2D eigenvalue weighted by atomic mass is 9.73. The van der Waals surface area contributed by atoms with Gasteiger partial charge >= 0.3 is 0 Å². The van der Waals surface area contributed by atoms with Gasteiger partial charge in [0.1, 0.15) is 0 Å². The van der Waals surface area contributed by atoms with Gasteiger partial charge in [-0.3, -0.25) is 9.69 Å². The van der Waals surface area contributed by atoms with Crippen LogP contribution in [0.15, 0.2) is 18.2 Å². The first kappa shape index (κ1) is 17.4. The van der Waals surface area contributed by atoms with Crippen LogP contribution in [-0.2, 0) is 11.3 Å². The molecule has 4 nitrogen and oxygen atoms in total. The van der Waals surface area contributed by atoms with Crippen LogP contribution in [0.2, 0.25) is 0 Å². The number of piperidine rings is 2. The van der Waals surface area contributed by atoms with Crippen molar-refractivity contribution in [3.05, 3.63) is 34.9 Å². The molecule has 0 unspecified atom stereocenters. The summed E-state index contributed by atoms with van der Waals surface area (Å²) in [7, 11) is 0. The summed E-state index contributed by atoms with van der Waals surface area (Å²) >= 11 is 0. The molecule has 132 valence electrons. The van der Waals surface area contributed by atoms with E-state index in [0.717, 1.165) is 32.6 Å². The molecule has 0 bridgehead atoms.